The highest BCUT2D eigenvalue weighted by atomic mass is 14.9. The van der Waals surface area contributed by atoms with Gasteiger partial charge in [0.05, 0.1) is 12.2 Å². The van der Waals surface area contributed by atoms with Crippen molar-refractivity contribution in [1.82, 2.24) is 9.97 Å². The van der Waals surface area contributed by atoms with Crippen molar-refractivity contribution in [2.45, 2.75) is 19.8 Å². The third-order valence-corrected chi connectivity index (χ3v) is 4.48. The summed E-state index contributed by atoms with van der Waals surface area (Å²) in [5.41, 5.74) is 12.9. The number of benzene rings is 2. The van der Waals surface area contributed by atoms with Crippen LogP contribution in [0.1, 0.15) is 33.9 Å². The molecule has 0 amide bonds. The van der Waals surface area contributed by atoms with E-state index in [9.17, 15) is 0 Å². The molecule has 0 fully saturated rings. The SMILES string of the molecule is Cc1cccc(C(c2cccc(NCCN)c2)c2cnc[nH]2)c1C. The summed E-state index contributed by atoms with van der Waals surface area (Å²) in [4.78, 5) is 7.52. The fraction of sp³-hybridized carbons (Fsp3) is 0.250. The van der Waals surface area contributed by atoms with Crippen molar-refractivity contribution >= 4 is 5.69 Å². The lowest BCUT2D eigenvalue weighted by atomic mass is 9.85. The molecule has 0 saturated carbocycles. The fourth-order valence-corrected chi connectivity index (χ4v) is 3.08. The number of hydrogen-bond acceptors (Lipinski definition) is 3. The molecule has 4 heteroatoms. The van der Waals surface area contributed by atoms with E-state index in [0.717, 1.165) is 17.9 Å². The first-order chi connectivity index (χ1) is 11.7. The average molecular weight is 320 g/mol. The van der Waals surface area contributed by atoms with Crippen molar-refractivity contribution in [2.24, 2.45) is 5.73 Å². The Labute approximate surface area is 143 Å². The zero-order chi connectivity index (χ0) is 16.9. The quantitative estimate of drug-likeness (QED) is 0.650. The van der Waals surface area contributed by atoms with Crippen LogP contribution in [0.2, 0.25) is 0 Å². The summed E-state index contributed by atoms with van der Waals surface area (Å²) in [6.45, 7) is 5.72. The highest BCUT2D eigenvalue weighted by Crippen LogP contribution is 2.34. The lowest BCUT2D eigenvalue weighted by Crippen LogP contribution is -2.13. The number of imidazole rings is 1. The molecule has 24 heavy (non-hydrogen) atoms. The molecule has 2 aromatic carbocycles. The van der Waals surface area contributed by atoms with E-state index in [1.54, 1.807) is 6.33 Å². The minimum Gasteiger partial charge on any atom is -0.384 e. The number of aryl methyl sites for hydroxylation is 1. The number of nitrogens with one attached hydrogen (secondary N) is 2. The molecule has 0 aliphatic carbocycles. The maximum absolute atomic E-state index is 5.60. The third-order valence-electron chi connectivity index (χ3n) is 4.48. The van der Waals surface area contributed by atoms with Crippen molar-refractivity contribution in [3.63, 3.8) is 0 Å². The second-order valence-corrected chi connectivity index (χ2v) is 6.07. The van der Waals surface area contributed by atoms with Gasteiger partial charge >= 0.3 is 0 Å². The first-order valence-corrected chi connectivity index (χ1v) is 8.29. The van der Waals surface area contributed by atoms with Crippen LogP contribution in [0.25, 0.3) is 0 Å². The summed E-state index contributed by atoms with van der Waals surface area (Å²) in [7, 11) is 0. The molecule has 1 unspecified atom stereocenters. The standard InChI is InChI=1S/C20H24N4/c1-14-5-3-8-18(15(14)2)20(19-12-22-13-24-19)16-6-4-7-17(11-16)23-10-9-21/h3-8,11-13,20,23H,9-10,21H2,1-2H3,(H,22,24). The molecule has 4 nitrogen and oxygen atoms in total. The summed E-state index contributed by atoms with van der Waals surface area (Å²) in [5.74, 6) is 0.132. The van der Waals surface area contributed by atoms with Crippen molar-refractivity contribution in [3.05, 3.63) is 82.9 Å². The Morgan fingerprint density at radius 3 is 2.75 bits per heavy atom. The molecular weight excluding hydrogens is 296 g/mol. The third kappa shape index (κ3) is 3.34. The molecule has 4 N–H and O–H groups in total. The highest BCUT2D eigenvalue weighted by molar-refractivity contribution is 5.52. The summed E-state index contributed by atoms with van der Waals surface area (Å²) in [6, 6.07) is 15.0. The van der Waals surface area contributed by atoms with Crippen LogP contribution in [-0.4, -0.2) is 23.1 Å². The summed E-state index contributed by atoms with van der Waals surface area (Å²) < 4.78 is 0. The van der Waals surface area contributed by atoms with E-state index in [1.165, 1.54) is 22.3 Å². The second kappa shape index (κ2) is 7.32. The smallest absolute Gasteiger partial charge is 0.0922 e. The van der Waals surface area contributed by atoms with Gasteiger partial charge in [-0.2, -0.15) is 0 Å². The maximum atomic E-state index is 5.60. The van der Waals surface area contributed by atoms with E-state index in [-0.39, 0.29) is 5.92 Å². The Balaban J connectivity index is 2.08. The van der Waals surface area contributed by atoms with Gasteiger partial charge in [0.2, 0.25) is 0 Å². The number of nitrogens with zero attached hydrogens (tertiary/aromatic N) is 1. The summed E-state index contributed by atoms with van der Waals surface area (Å²) >= 11 is 0. The molecule has 1 heterocycles. The Kier molecular flexibility index (Phi) is 4.96. The average Bonchev–Trinajstić information content (AvgIpc) is 3.12. The Morgan fingerprint density at radius 2 is 2.00 bits per heavy atom. The molecule has 3 aromatic rings. The van der Waals surface area contributed by atoms with Gasteiger partial charge in [-0.15, -0.1) is 0 Å². The van der Waals surface area contributed by atoms with Gasteiger partial charge in [-0.1, -0.05) is 30.3 Å². The number of anilines is 1. The van der Waals surface area contributed by atoms with Gasteiger partial charge in [0.15, 0.2) is 0 Å². The lowest BCUT2D eigenvalue weighted by molar-refractivity contribution is 0.917. The van der Waals surface area contributed by atoms with Crippen molar-refractivity contribution in [2.75, 3.05) is 18.4 Å². The zero-order valence-electron chi connectivity index (χ0n) is 14.2. The van der Waals surface area contributed by atoms with Crippen LogP contribution >= 0.6 is 0 Å². The van der Waals surface area contributed by atoms with Gasteiger partial charge in [0.25, 0.3) is 0 Å². The number of H-pyrrole nitrogens is 1. The molecule has 1 atom stereocenters. The Morgan fingerprint density at radius 1 is 1.17 bits per heavy atom. The fourth-order valence-electron chi connectivity index (χ4n) is 3.08. The van der Waals surface area contributed by atoms with E-state index in [1.807, 2.05) is 6.20 Å². The van der Waals surface area contributed by atoms with E-state index in [2.05, 4.69) is 71.6 Å². The lowest BCUT2D eigenvalue weighted by Gasteiger charge is -2.21. The van der Waals surface area contributed by atoms with Gasteiger partial charge in [0, 0.05) is 30.7 Å². The Hall–Kier alpha value is -2.59. The normalized spacial score (nSPS) is 12.1. The molecule has 1 aromatic heterocycles. The number of nitrogens with two attached hydrogens (primary N) is 1. The molecule has 0 radical (unpaired) electrons. The zero-order valence-corrected chi connectivity index (χ0v) is 14.2. The van der Waals surface area contributed by atoms with Crippen LogP contribution in [0.15, 0.2) is 55.0 Å². The largest absolute Gasteiger partial charge is 0.384 e. The minimum absolute atomic E-state index is 0.132. The van der Waals surface area contributed by atoms with E-state index < -0.39 is 0 Å². The second-order valence-electron chi connectivity index (χ2n) is 6.07. The van der Waals surface area contributed by atoms with Crippen molar-refractivity contribution < 1.29 is 0 Å². The first kappa shape index (κ1) is 16.3. The summed E-state index contributed by atoms with van der Waals surface area (Å²) in [6.07, 6.45) is 3.65. The maximum Gasteiger partial charge on any atom is 0.0922 e. The molecule has 0 aliphatic rings. The van der Waals surface area contributed by atoms with Crippen LogP contribution in [-0.2, 0) is 0 Å². The molecular formula is C20H24N4. The number of aromatic nitrogens is 2. The molecule has 0 bridgehead atoms. The van der Waals surface area contributed by atoms with Gasteiger partial charge < -0.3 is 16.0 Å². The predicted octanol–water partition coefficient (Wildman–Crippen LogP) is 3.58. The number of rotatable bonds is 6. The van der Waals surface area contributed by atoms with Crippen LogP contribution < -0.4 is 11.1 Å². The van der Waals surface area contributed by atoms with E-state index in [0.29, 0.717) is 6.54 Å². The number of hydrogen-bond donors (Lipinski definition) is 3. The molecule has 0 aliphatic heterocycles. The van der Waals surface area contributed by atoms with Crippen molar-refractivity contribution in [3.8, 4) is 0 Å². The molecule has 3 rings (SSSR count). The van der Waals surface area contributed by atoms with Crippen LogP contribution in [0.5, 0.6) is 0 Å². The molecule has 0 saturated heterocycles. The van der Waals surface area contributed by atoms with Gasteiger partial charge in [-0.05, 0) is 48.2 Å². The van der Waals surface area contributed by atoms with Gasteiger partial charge in [-0.25, -0.2) is 4.98 Å². The first-order valence-electron chi connectivity index (χ1n) is 8.29. The van der Waals surface area contributed by atoms with E-state index in [4.69, 9.17) is 5.73 Å². The summed E-state index contributed by atoms with van der Waals surface area (Å²) in [5, 5.41) is 3.36. The molecule has 124 valence electrons. The van der Waals surface area contributed by atoms with Gasteiger partial charge in [0.1, 0.15) is 0 Å². The van der Waals surface area contributed by atoms with Crippen LogP contribution in [0.3, 0.4) is 0 Å². The predicted molar refractivity (Wildman–Crippen MR) is 99.4 cm³/mol. The topological polar surface area (TPSA) is 66.7 Å². The van der Waals surface area contributed by atoms with Crippen LogP contribution in [0.4, 0.5) is 5.69 Å². The monoisotopic (exact) mass is 320 g/mol. The van der Waals surface area contributed by atoms with Gasteiger partial charge in [-0.3, -0.25) is 0 Å². The number of aromatic amines is 1. The minimum atomic E-state index is 0.132. The molecule has 0 spiro atoms. The van der Waals surface area contributed by atoms with Crippen molar-refractivity contribution in [1.29, 1.82) is 0 Å². The van der Waals surface area contributed by atoms with Crippen LogP contribution in [0, 0.1) is 13.8 Å². The van der Waals surface area contributed by atoms with E-state index >= 15 is 0 Å². The Bertz CT molecular complexity index is 793. The highest BCUT2D eigenvalue weighted by Gasteiger charge is 2.20.